The summed E-state index contributed by atoms with van der Waals surface area (Å²) in [6.45, 7) is 1.25. The standard InChI is InChI=1S/C12H22F3N3/c1-17-10-2-3-11(17)8-18(5-4-10)7-9(6-16)12(13,14)15/h9-11H,2-8,16H2,1H3. The van der Waals surface area contributed by atoms with Gasteiger partial charge in [0.15, 0.2) is 0 Å². The maximum atomic E-state index is 12.7. The molecule has 0 saturated carbocycles. The van der Waals surface area contributed by atoms with E-state index in [-0.39, 0.29) is 13.1 Å². The van der Waals surface area contributed by atoms with Crippen molar-refractivity contribution in [2.24, 2.45) is 11.7 Å². The molecule has 0 aromatic carbocycles. The van der Waals surface area contributed by atoms with E-state index in [1.54, 1.807) is 0 Å². The Kier molecular flexibility index (Phi) is 4.18. The molecular weight excluding hydrogens is 243 g/mol. The molecule has 2 bridgehead atoms. The molecule has 6 heteroatoms. The van der Waals surface area contributed by atoms with E-state index in [1.165, 1.54) is 6.42 Å². The van der Waals surface area contributed by atoms with Crippen LogP contribution in [0.2, 0.25) is 0 Å². The average molecular weight is 265 g/mol. The minimum Gasteiger partial charge on any atom is -0.330 e. The highest BCUT2D eigenvalue weighted by atomic mass is 19.4. The van der Waals surface area contributed by atoms with Crippen LogP contribution in [0.25, 0.3) is 0 Å². The van der Waals surface area contributed by atoms with Crippen LogP contribution in [0.15, 0.2) is 0 Å². The normalized spacial score (nSPS) is 32.5. The summed E-state index contributed by atoms with van der Waals surface area (Å²) in [5.41, 5.74) is 5.26. The minimum absolute atomic E-state index is 0.0526. The molecule has 2 rings (SSSR count). The molecule has 3 unspecified atom stereocenters. The van der Waals surface area contributed by atoms with Gasteiger partial charge >= 0.3 is 6.18 Å². The third-order valence-corrected chi connectivity index (χ3v) is 4.46. The van der Waals surface area contributed by atoms with Crippen LogP contribution in [0.3, 0.4) is 0 Å². The highest BCUT2D eigenvalue weighted by Crippen LogP contribution is 2.31. The molecule has 2 fully saturated rings. The van der Waals surface area contributed by atoms with E-state index in [9.17, 15) is 13.2 Å². The maximum Gasteiger partial charge on any atom is 0.394 e. The maximum absolute atomic E-state index is 12.7. The number of halogens is 3. The largest absolute Gasteiger partial charge is 0.394 e. The number of nitrogens with two attached hydrogens (primary N) is 1. The first kappa shape index (κ1) is 14.1. The van der Waals surface area contributed by atoms with Crippen molar-refractivity contribution in [3.8, 4) is 0 Å². The van der Waals surface area contributed by atoms with Gasteiger partial charge in [0, 0.05) is 31.7 Å². The van der Waals surface area contributed by atoms with Gasteiger partial charge in [-0.2, -0.15) is 13.2 Å². The number of hydrogen-bond acceptors (Lipinski definition) is 3. The summed E-state index contributed by atoms with van der Waals surface area (Å²) in [6, 6.07) is 0.978. The fourth-order valence-electron chi connectivity index (χ4n) is 3.17. The van der Waals surface area contributed by atoms with Crippen LogP contribution in [-0.4, -0.2) is 61.3 Å². The number of fused-ring (bicyclic) bond motifs is 2. The summed E-state index contributed by atoms with van der Waals surface area (Å²) in [6.07, 6.45) is -0.903. The molecule has 2 aliphatic heterocycles. The first-order valence-electron chi connectivity index (χ1n) is 6.63. The van der Waals surface area contributed by atoms with Crippen molar-refractivity contribution in [1.29, 1.82) is 0 Å². The topological polar surface area (TPSA) is 32.5 Å². The smallest absolute Gasteiger partial charge is 0.330 e. The Morgan fingerprint density at radius 1 is 1.22 bits per heavy atom. The summed E-state index contributed by atoms with van der Waals surface area (Å²) in [5, 5.41) is 0. The summed E-state index contributed by atoms with van der Waals surface area (Å²) < 4.78 is 38.2. The van der Waals surface area contributed by atoms with Gasteiger partial charge < -0.3 is 10.6 Å². The zero-order valence-corrected chi connectivity index (χ0v) is 10.8. The SMILES string of the molecule is CN1C2CCC1CN(CC(CN)C(F)(F)F)CC2. The Morgan fingerprint density at radius 2 is 1.89 bits per heavy atom. The molecule has 0 aromatic rings. The fourth-order valence-corrected chi connectivity index (χ4v) is 3.17. The lowest BCUT2D eigenvalue weighted by Gasteiger charge is -2.29. The second-order valence-corrected chi connectivity index (χ2v) is 5.57. The molecule has 0 aromatic heterocycles. The van der Waals surface area contributed by atoms with Gasteiger partial charge in [-0.05, 0) is 32.9 Å². The van der Waals surface area contributed by atoms with Crippen molar-refractivity contribution in [2.45, 2.75) is 37.5 Å². The Labute approximate surface area is 106 Å². The highest BCUT2D eigenvalue weighted by Gasteiger charge is 2.41. The van der Waals surface area contributed by atoms with Crippen molar-refractivity contribution in [3.63, 3.8) is 0 Å². The third kappa shape index (κ3) is 2.97. The van der Waals surface area contributed by atoms with Crippen LogP contribution >= 0.6 is 0 Å². The molecule has 3 nitrogen and oxygen atoms in total. The quantitative estimate of drug-likeness (QED) is 0.834. The zero-order chi connectivity index (χ0) is 13.3. The third-order valence-electron chi connectivity index (χ3n) is 4.46. The molecular formula is C12H22F3N3. The van der Waals surface area contributed by atoms with Gasteiger partial charge in [0.2, 0.25) is 0 Å². The van der Waals surface area contributed by atoms with E-state index in [0.29, 0.717) is 12.1 Å². The summed E-state index contributed by atoms with van der Waals surface area (Å²) in [4.78, 5) is 4.29. The van der Waals surface area contributed by atoms with Gasteiger partial charge in [-0.25, -0.2) is 0 Å². The minimum atomic E-state index is -4.17. The highest BCUT2D eigenvalue weighted by molar-refractivity contribution is 4.91. The van der Waals surface area contributed by atoms with E-state index in [0.717, 1.165) is 25.9 Å². The fraction of sp³-hybridized carbons (Fsp3) is 1.00. The molecule has 2 saturated heterocycles. The summed E-state index contributed by atoms with van der Waals surface area (Å²) in [7, 11) is 2.09. The Hall–Kier alpha value is -0.330. The lowest BCUT2D eigenvalue weighted by atomic mass is 10.1. The number of likely N-dealkylation sites (tertiary alicyclic amines) is 1. The van der Waals surface area contributed by atoms with Crippen molar-refractivity contribution >= 4 is 0 Å². The van der Waals surface area contributed by atoms with Crippen LogP contribution in [-0.2, 0) is 0 Å². The predicted molar refractivity (Wildman–Crippen MR) is 64.2 cm³/mol. The zero-order valence-electron chi connectivity index (χ0n) is 10.8. The lowest BCUT2D eigenvalue weighted by Crippen LogP contribution is -2.44. The first-order valence-corrected chi connectivity index (χ1v) is 6.63. The molecule has 0 spiro atoms. The van der Waals surface area contributed by atoms with Crippen molar-refractivity contribution < 1.29 is 13.2 Å². The molecule has 106 valence electrons. The van der Waals surface area contributed by atoms with Gasteiger partial charge in [0.05, 0.1) is 5.92 Å². The van der Waals surface area contributed by atoms with E-state index in [1.807, 2.05) is 4.90 Å². The second-order valence-electron chi connectivity index (χ2n) is 5.57. The Balaban J connectivity index is 1.94. The Morgan fingerprint density at radius 3 is 2.50 bits per heavy atom. The van der Waals surface area contributed by atoms with Gasteiger partial charge in [-0.15, -0.1) is 0 Å². The number of nitrogens with zero attached hydrogens (tertiary/aromatic N) is 2. The molecule has 3 atom stereocenters. The number of alkyl halides is 3. The van der Waals surface area contributed by atoms with E-state index in [4.69, 9.17) is 5.73 Å². The Bertz CT molecular complexity index is 282. The van der Waals surface area contributed by atoms with Gasteiger partial charge in [-0.3, -0.25) is 4.90 Å². The summed E-state index contributed by atoms with van der Waals surface area (Å²) in [5.74, 6) is -1.39. The van der Waals surface area contributed by atoms with Gasteiger partial charge in [0.25, 0.3) is 0 Å². The van der Waals surface area contributed by atoms with Crippen LogP contribution in [0, 0.1) is 5.92 Å². The van der Waals surface area contributed by atoms with Gasteiger partial charge in [0.1, 0.15) is 0 Å². The van der Waals surface area contributed by atoms with Crippen LogP contribution in [0.5, 0.6) is 0 Å². The molecule has 18 heavy (non-hydrogen) atoms. The molecule has 2 aliphatic rings. The van der Waals surface area contributed by atoms with Crippen LogP contribution in [0.1, 0.15) is 19.3 Å². The number of hydrogen-bond donors (Lipinski definition) is 1. The molecule has 0 amide bonds. The molecule has 2 heterocycles. The predicted octanol–water partition coefficient (Wildman–Crippen LogP) is 1.29. The summed E-state index contributed by atoms with van der Waals surface area (Å²) >= 11 is 0. The van der Waals surface area contributed by atoms with Crippen LogP contribution < -0.4 is 5.73 Å². The lowest BCUT2D eigenvalue weighted by molar-refractivity contribution is -0.176. The molecule has 2 N–H and O–H groups in total. The molecule has 0 aliphatic carbocycles. The first-order chi connectivity index (χ1) is 8.41. The molecule has 0 radical (unpaired) electrons. The number of likely N-dealkylation sites (N-methyl/N-ethyl adjacent to an activating group) is 1. The van der Waals surface area contributed by atoms with Crippen molar-refractivity contribution in [2.75, 3.05) is 33.2 Å². The van der Waals surface area contributed by atoms with E-state index < -0.39 is 12.1 Å². The van der Waals surface area contributed by atoms with E-state index >= 15 is 0 Å². The van der Waals surface area contributed by atoms with Crippen LogP contribution in [0.4, 0.5) is 13.2 Å². The van der Waals surface area contributed by atoms with Crippen molar-refractivity contribution in [1.82, 2.24) is 9.80 Å². The number of rotatable bonds is 3. The van der Waals surface area contributed by atoms with E-state index in [2.05, 4.69) is 11.9 Å². The monoisotopic (exact) mass is 265 g/mol. The van der Waals surface area contributed by atoms with Crippen molar-refractivity contribution in [3.05, 3.63) is 0 Å². The van der Waals surface area contributed by atoms with Gasteiger partial charge in [-0.1, -0.05) is 0 Å². The average Bonchev–Trinajstić information content (AvgIpc) is 2.50. The second kappa shape index (κ2) is 5.35.